The molecule has 2 amide bonds. The molecule has 0 aromatic rings. The number of ether oxygens (including phenoxy) is 1. The zero-order valence-electron chi connectivity index (χ0n) is 10.8. The monoisotopic (exact) mass is 255 g/mol. The van der Waals surface area contributed by atoms with Crippen LogP contribution in [-0.4, -0.2) is 55.6 Å². The van der Waals surface area contributed by atoms with Gasteiger partial charge < -0.3 is 20.7 Å². The van der Waals surface area contributed by atoms with Gasteiger partial charge in [0.2, 0.25) is 11.8 Å². The minimum absolute atomic E-state index is 0.0722. The summed E-state index contributed by atoms with van der Waals surface area (Å²) in [5.74, 6) is -0.250. The molecule has 0 aromatic carbocycles. The Labute approximate surface area is 107 Å². The maximum Gasteiger partial charge on any atom is 0.225 e. The molecule has 2 unspecified atom stereocenters. The van der Waals surface area contributed by atoms with Crippen molar-refractivity contribution >= 4 is 11.8 Å². The average molecular weight is 255 g/mol. The summed E-state index contributed by atoms with van der Waals surface area (Å²) < 4.78 is 5.32. The molecule has 2 aliphatic rings. The van der Waals surface area contributed by atoms with Crippen molar-refractivity contribution in [1.82, 2.24) is 10.2 Å². The molecule has 3 N–H and O–H groups in total. The van der Waals surface area contributed by atoms with E-state index in [0.717, 1.165) is 6.54 Å². The van der Waals surface area contributed by atoms with Crippen molar-refractivity contribution in [2.45, 2.75) is 25.8 Å². The molecule has 6 nitrogen and oxygen atoms in total. The van der Waals surface area contributed by atoms with Gasteiger partial charge in [-0.05, 0) is 13.3 Å². The number of morpholine rings is 1. The van der Waals surface area contributed by atoms with Gasteiger partial charge in [-0.3, -0.25) is 9.59 Å². The lowest BCUT2D eigenvalue weighted by molar-refractivity contribution is -0.132. The van der Waals surface area contributed by atoms with E-state index in [4.69, 9.17) is 10.5 Å². The minimum Gasteiger partial charge on any atom is -0.378 e. The first-order chi connectivity index (χ1) is 8.51. The summed E-state index contributed by atoms with van der Waals surface area (Å²) in [4.78, 5) is 25.2. The lowest BCUT2D eigenvalue weighted by Crippen LogP contribution is -2.45. The van der Waals surface area contributed by atoms with Crippen molar-refractivity contribution in [2.24, 2.45) is 11.1 Å². The molecule has 18 heavy (non-hydrogen) atoms. The van der Waals surface area contributed by atoms with Gasteiger partial charge in [0.15, 0.2) is 0 Å². The average Bonchev–Trinajstić information content (AvgIpc) is 2.75. The van der Waals surface area contributed by atoms with Crippen molar-refractivity contribution in [3.63, 3.8) is 0 Å². The summed E-state index contributed by atoms with van der Waals surface area (Å²) in [7, 11) is 0. The quantitative estimate of drug-likeness (QED) is 0.683. The number of hydrogen-bond donors (Lipinski definition) is 2. The minimum atomic E-state index is -0.563. The molecular weight excluding hydrogens is 234 g/mol. The summed E-state index contributed by atoms with van der Waals surface area (Å²) in [5.41, 5.74) is 4.81. The third kappa shape index (κ3) is 2.81. The van der Waals surface area contributed by atoms with Gasteiger partial charge in [0.05, 0.1) is 18.6 Å². The summed E-state index contributed by atoms with van der Waals surface area (Å²) in [5, 5.41) is 3.25. The topological polar surface area (TPSA) is 84.7 Å². The molecule has 2 heterocycles. The Kier molecular flexibility index (Phi) is 3.87. The zero-order chi connectivity index (χ0) is 13.2. The van der Waals surface area contributed by atoms with Gasteiger partial charge in [0, 0.05) is 32.1 Å². The van der Waals surface area contributed by atoms with Crippen LogP contribution in [0.3, 0.4) is 0 Å². The summed E-state index contributed by atoms with van der Waals surface area (Å²) in [6, 6.07) is 0.0895. The van der Waals surface area contributed by atoms with Gasteiger partial charge in [-0.25, -0.2) is 0 Å². The van der Waals surface area contributed by atoms with Crippen LogP contribution in [0.25, 0.3) is 0 Å². The van der Waals surface area contributed by atoms with Crippen LogP contribution >= 0.6 is 0 Å². The first-order valence-corrected chi connectivity index (χ1v) is 6.40. The molecule has 0 spiro atoms. The van der Waals surface area contributed by atoms with Crippen LogP contribution in [0.2, 0.25) is 0 Å². The Morgan fingerprint density at radius 2 is 2.33 bits per heavy atom. The fourth-order valence-electron chi connectivity index (χ4n) is 2.47. The first-order valence-electron chi connectivity index (χ1n) is 6.40. The van der Waals surface area contributed by atoms with Gasteiger partial charge in [0.25, 0.3) is 0 Å². The van der Waals surface area contributed by atoms with E-state index < -0.39 is 5.41 Å². The largest absolute Gasteiger partial charge is 0.378 e. The fraction of sp³-hybridized carbons (Fsp3) is 0.833. The molecule has 2 fully saturated rings. The molecule has 0 aromatic heterocycles. The molecule has 6 heteroatoms. The third-order valence-electron chi connectivity index (χ3n) is 3.84. The number of primary amides is 1. The molecule has 0 aliphatic carbocycles. The van der Waals surface area contributed by atoms with Gasteiger partial charge >= 0.3 is 0 Å². The highest BCUT2D eigenvalue weighted by atomic mass is 16.5. The Bertz CT molecular complexity index is 341. The van der Waals surface area contributed by atoms with E-state index in [9.17, 15) is 9.59 Å². The van der Waals surface area contributed by atoms with Crippen LogP contribution in [0.1, 0.15) is 19.8 Å². The summed E-state index contributed by atoms with van der Waals surface area (Å²) in [6.07, 6.45) is 1.08. The summed E-state index contributed by atoms with van der Waals surface area (Å²) >= 11 is 0. The molecule has 0 bridgehead atoms. The van der Waals surface area contributed by atoms with Gasteiger partial charge in [0.1, 0.15) is 0 Å². The molecule has 102 valence electrons. The number of rotatable bonds is 3. The predicted octanol–water partition coefficient (Wildman–Crippen LogP) is -0.911. The van der Waals surface area contributed by atoms with E-state index in [2.05, 4.69) is 5.32 Å². The van der Waals surface area contributed by atoms with Crippen molar-refractivity contribution in [3.05, 3.63) is 0 Å². The van der Waals surface area contributed by atoms with Crippen LogP contribution in [0.5, 0.6) is 0 Å². The number of nitrogens with one attached hydrogen (secondary N) is 1. The fourth-order valence-corrected chi connectivity index (χ4v) is 2.47. The Morgan fingerprint density at radius 1 is 1.56 bits per heavy atom. The number of carbonyl (C=O) groups is 2. The molecular formula is C12H21N3O3. The second-order valence-electron chi connectivity index (χ2n) is 5.42. The van der Waals surface area contributed by atoms with E-state index in [0.29, 0.717) is 39.1 Å². The first kappa shape index (κ1) is 13.3. The standard InChI is InChI=1S/C12H21N3O3/c1-12(11(13)17)2-4-15(8-12)10(16)6-9-7-18-5-3-14-9/h9,14H,2-8H2,1H3,(H2,13,17). The highest BCUT2D eigenvalue weighted by molar-refractivity contribution is 5.83. The lowest BCUT2D eigenvalue weighted by atomic mass is 9.89. The predicted molar refractivity (Wildman–Crippen MR) is 65.7 cm³/mol. The molecule has 0 radical (unpaired) electrons. The van der Waals surface area contributed by atoms with E-state index in [-0.39, 0.29) is 17.9 Å². The van der Waals surface area contributed by atoms with E-state index in [1.54, 1.807) is 4.90 Å². The van der Waals surface area contributed by atoms with E-state index >= 15 is 0 Å². The number of carbonyl (C=O) groups excluding carboxylic acids is 2. The normalized spacial score (nSPS) is 32.5. The number of nitrogens with zero attached hydrogens (tertiary/aromatic N) is 1. The lowest BCUT2D eigenvalue weighted by Gasteiger charge is -2.26. The van der Waals surface area contributed by atoms with Crippen LogP contribution in [0, 0.1) is 5.41 Å². The Morgan fingerprint density at radius 3 is 2.89 bits per heavy atom. The highest BCUT2D eigenvalue weighted by Crippen LogP contribution is 2.29. The molecule has 2 aliphatic heterocycles. The maximum absolute atomic E-state index is 12.1. The second-order valence-corrected chi connectivity index (χ2v) is 5.42. The highest BCUT2D eigenvalue weighted by Gasteiger charge is 2.40. The Balaban J connectivity index is 1.85. The van der Waals surface area contributed by atoms with Crippen molar-refractivity contribution in [3.8, 4) is 0 Å². The van der Waals surface area contributed by atoms with Crippen molar-refractivity contribution in [2.75, 3.05) is 32.8 Å². The molecule has 2 saturated heterocycles. The van der Waals surface area contributed by atoms with Crippen molar-refractivity contribution < 1.29 is 14.3 Å². The number of amides is 2. The van der Waals surface area contributed by atoms with E-state index in [1.165, 1.54) is 0 Å². The molecule has 2 atom stereocenters. The smallest absolute Gasteiger partial charge is 0.225 e. The third-order valence-corrected chi connectivity index (χ3v) is 3.84. The van der Waals surface area contributed by atoms with Crippen LogP contribution in [-0.2, 0) is 14.3 Å². The number of likely N-dealkylation sites (tertiary alicyclic amines) is 1. The summed E-state index contributed by atoms with van der Waals surface area (Å²) in [6.45, 7) is 4.95. The SMILES string of the molecule is CC1(C(N)=O)CCN(C(=O)CC2COCCN2)C1. The van der Waals surface area contributed by atoms with Gasteiger partial charge in [-0.15, -0.1) is 0 Å². The van der Waals surface area contributed by atoms with Crippen LogP contribution in [0.15, 0.2) is 0 Å². The van der Waals surface area contributed by atoms with E-state index in [1.807, 2.05) is 6.92 Å². The molecule has 0 saturated carbocycles. The number of hydrogen-bond acceptors (Lipinski definition) is 4. The maximum atomic E-state index is 12.1. The van der Waals surface area contributed by atoms with Crippen LogP contribution < -0.4 is 11.1 Å². The van der Waals surface area contributed by atoms with Gasteiger partial charge in [-0.1, -0.05) is 0 Å². The zero-order valence-corrected chi connectivity index (χ0v) is 10.8. The van der Waals surface area contributed by atoms with Gasteiger partial charge in [-0.2, -0.15) is 0 Å². The second kappa shape index (κ2) is 5.24. The Hall–Kier alpha value is -1.14. The molecule has 2 rings (SSSR count). The van der Waals surface area contributed by atoms with Crippen LogP contribution in [0.4, 0.5) is 0 Å². The van der Waals surface area contributed by atoms with Crippen molar-refractivity contribution in [1.29, 1.82) is 0 Å². The number of nitrogens with two attached hydrogens (primary N) is 1.